The van der Waals surface area contributed by atoms with Crippen LogP contribution in [0.4, 0.5) is 5.69 Å². The van der Waals surface area contributed by atoms with Crippen molar-refractivity contribution >= 4 is 29.1 Å². The summed E-state index contributed by atoms with van der Waals surface area (Å²) >= 11 is 6.28. The Morgan fingerprint density at radius 3 is 2.52 bits per heavy atom. The number of likely N-dealkylation sites (tertiary alicyclic amines) is 1. The Labute approximate surface area is 173 Å². The predicted molar refractivity (Wildman–Crippen MR) is 110 cm³/mol. The molecule has 0 aliphatic carbocycles. The van der Waals surface area contributed by atoms with Gasteiger partial charge >= 0.3 is 0 Å². The zero-order chi connectivity index (χ0) is 20.6. The Morgan fingerprint density at radius 1 is 1.21 bits per heavy atom. The van der Waals surface area contributed by atoms with Crippen LogP contribution in [0.2, 0.25) is 5.02 Å². The third-order valence-electron chi connectivity index (χ3n) is 5.69. The third-order valence-corrected chi connectivity index (χ3v) is 5.92. The van der Waals surface area contributed by atoms with Crippen LogP contribution in [0.15, 0.2) is 48.5 Å². The molecule has 1 fully saturated rings. The number of rotatable bonds is 4. The first kappa shape index (κ1) is 19.7. The van der Waals surface area contributed by atoms with Crippen molar-refractivity contribution in [1.82, 2.24) is 4.90 Å². The first-order valence-electron chi connectivity index (χ1n) is 9.45. The van der Waals surface area contributed by atoms with Gasteiger partial charge < -0.3 is 9.84 Å². The molecule has 6 nitrogen and oxygen atoms in total. The minimum Gasteiger partial charge on any atom is -0.497 e. The Hall–Kier alpha value is -2.63. The summed E-state index contributed by atoms with van der Waals surface area (Å²) in [5, 5.41) is 10.5. The zero-order valence-corrected chi connectivity index (χ0v) is 16.7. The number of carbonyl (C=O) groups is 1. The van der Waals surface area contributed by atoms with Crippen molar-refractivity contribution in [3.8, 4) is 5.75 Å². The summed E-state index contributed by atoms with van der Waals surface area (Å²) in [7, 11) is 1.58. The van der Waals surface area contributed by atoms with E-state index in [4.69, 9.17) is 16.3 Å². The summed E-state index contributed by atoms with van der Waals surface area (Å²) in [5.41, 5.74) is 0.600. The van der Waals surface area contributed by atoms with Crippen molar-refractivity contribution in [2.24, 2.45) is 0 Å². The summed E-state index contributed by atoms with van der Waals surface area (Å²) in [6, 6.07) is 12.2. The molecule has 2 aromatic carbocycles. The summed E-state index contributed by atoms with van der Waals surface area (Å²) < 4.78 is 5.23. The van der Waals surface area contributed by atoms with Gasteiger partial charge in [-0.2, -0.15) is 0 Å². The van der Waals surface area contributed by atoms with Gasteiger partial charge in [0.2, 0.25) is 0 Å². The summed E-state index contributed by atoms with van der Waals surface area (Å²) in [5.74, 6) is 2.36. The highest BCUT2D eigenvalue weighted by atomic mass is 35.5. The number of benzene rings is 2. The lowest BCUT2D eigenvalue weighted by molar-refractivity contribution is 0.0349. The Bertz CT molecular complexity index is 979. The topological polar surface area (TPSA) is 70.1 Å². The molecular weight excluding hydrogens is 392 g/mol. The molecule has 2 aliphatic heterocycles. The molecular formula is C22H21ClN2O4. The number of hydrogen-bond acceptors (Lipinski definition) is 5. The minimum atomic E-state index is -1.16. The summed E-state index contributed by atoms with van der Waals surface area (Å²) in [4.78, 5) is 28.8. The van der Waals surface area contributed by atoms with Crippen LogP contribution in [0.25, 0.3) is 0 Å². The largest absolute Gasteiger partial charge is 0.497 e. The molecule has 1 atom stereocenters. The average Bonchev–Trinajstić information content (AvgIpc) is 2.97. The highest BCUT2D eigenvalue weighted by Crippen LogP contribution is 2.47. The second kappa shape index (κ2) is 7.65. The van der Waals surface area contributed by atoms with Crippen LogP contribution in [0.5, 0.6) is 5.75 Å². The van der Waals surface area contributed by atoms with Gasteiger partial charge in [-0.05, 0) is 55.3 Å². The number of hydrogen-bond donors (Lipinski definition) is 1. The molecule has 29 heavy (non-hydrogen) atoms. The van der Waals surface area contributed by atoms with Crippen molar-refractivity contribution in [2.45, 2.75) is 24.6 Å². The first-order chi connectivity index (χ1) is 14.0. The van der Waals surface area contributed by atoms with Crippen molar-refractivity contribution in [3.63, 3.8) is 0 Å². The maximum atomic E-state index is 13.5. The average molecular weight is 413 g/mol. The van der Waals surface area contributed by atoms with Gasteiger partial charge in [0, 0.05) is 41.0 Å². The molecule has 0 aromatic heterocycles. The molecule has 1 unspecified atom stereocenters. The predicted octanol–water partition coefficient (Wildman–Crippen LogP) is 3.01. The first-order valence-corrected chi connectivity index (χ1v) is 9.83. The number of fused-ring (bicyclic) bond motifs is 1. The number of aliphatic hydroxyl groups is 1. The van der Waals surface area contributed by atoms with Crippen LogP contribution in [-0.2, 0) is 10.5 Å². The van der Waals surface area contributed by atoms with Crippen LogP contribution in [-0.4, -0.2) is 48.2 Å². The van der Waals surface area contributed by atoms with E-state index < -0.39 is 11.8 Å². The van der Waals surface area contributed by atoms with Gasteiger partial charge in [0.15, 0.2) is 5.66 Å². The molecule has 7 heteroatoms. The van der Waals surface area contributed by atoms with E-state index in [-0.39, 0.29) is 5.91 Å². The highest BCUT2D eigenvalue weighted by Gasteiger charge is 2.53. The van der Waals surface area contributed by atoms with Crippen molar-refractivity contribution in [1.29, 1.82) is 0 Å². The number of methoxy groups -OCH3 is 1. The van der Waals surface area contributed by atoms with E-state index >= 15 is 0 Å². The SMILES string of the molecule is COc1ccc(N2C(=O)c3ccc(Cl)cc3C2(C=C=O)N2CCC(O)CC2)cc1. The normalized spacial score (nSPS) is 22.3. The van der Waals surface area contributed by atoms with E-state index in [0.29, 0.717) is 53.5 Å². The van der Waals surface area contributed by atoms with E-state index in [1.807, 2.05) is 10.8 Å². The number of amides is 1. The van der Waals surface area contributed by atoms with Crippen LogP contribution in [0.1, 0.15) is 28.8 Å². The van der Waals surface area contributed by atoms with E-state index in [9.17, 15) is 14.7 Å². The number of nitrogens with zero attached hydrogens (tertiary/aromatic N) is 2. The monoisotopic (exact) mass is 412 g/mol. The van der Waals surface area contributed by atoms with Gasteiger partial charge in [0.05, 0.1) is 13.2 Å². The molecule has 2 heterocycles. The number of carbonyl (C=O) groups excluding carboxylic acids is 2. The fourth-order valence-corrected chi connectivity index (χ4v) is 4.45. The fraction of sp³-hybridized carbons (Fsp3) is 0.318. The molecule has 0 saturated carbocycles. The molecule has 0 radical (unpaired) electrons. The Morgan fingerprint density at radius 2 is 1.90 bits per heavy atom. The zero-order valence-electron chi connectivity index (χ0n) is 16.0. The van der Waals surface area contributed by atoms with Crippen LogP contribution in [0.3, 0.4) is 0 Å². The maximum Gasteiger partial charge on any atom is 0.260 e. The lowest BCUT2D eigenvalue weighted by Gasteiger charge is -2.47. The van der Waals surface area contributed by atoms with Crippen LogP contribution >= 0.6 is 11.6 Å². The smallest absolute Gasteiger partial charge is 0.260 e. The van der Waals surface area contributed by atoms with Crippen LogP contribution < -0.4 is 9.64 Å². The highest BCUT2D eigenvalue weighted by molar-refractivity contribution is 6.31. The van der Waals surface area contributed by atoms with Crippen molar-refractivity contribution in [3.05, 3.63) is 64.7 Å². The molecule has 1 N–H and O–H groups in total. The molecule has 2 aliphatic rings. The van der Waals surface area contributed by atoms with Crippen molar-refractivity contribution < 1.29 is 19.4 Å². The number of halogens is 1. The van der Waals surface area contributed by atoms with Gasteiger partial charge in [-0.15, -0.1) is 0 Å². The van der Waals surface area contributed by atoms with Gasteiger partial charge in [-0.25, -0.2) is 4.79 Å². The molecule has 1 amide bonds. The van der Waals surface area contributed by atoms with Crippen LogP contribution in [0, 0.1) is 0 Å². The molecule has 2 aromatic rings. The lowest BCUT2D eigenvalue weighted by atomic mass is 9.93. The number of aliphatic hydroxyl groups excluding tert-OH is 1. The minimum absolute atomic E-state index is 0.223. The quantitative estimate of drug-likeness (QED) is 0.782. The fourth-order valence-electron chi connectivity index (χ4n) is 4.28. The van der Waals surface area contributed by atoms with E-state index in [1.165, 1.54) is 6.08 Å². The standard InChI is InChI=1S/C22H21ClN2O4/c1-29-18-5-3-16(4-6-18)25-21(28)19-7-2-15(23)14-20(19)22(25,10-13-26)24-11-8-17(27)9-12-24/h2-7,10,14,17,27H,8-9,11-12H2,1H3. The lowest BCUT2D eigenvalue weighted by Crippen LogP contribution is -2.58. The molecule has 150 valence electrons. The Kier molecular flexibility index (Phi) is 5.19. The molecule has 0 bridgehead atoms. The number of piperidine rings is 1. The maximum absolute atomic E-state index is 13.5. The Balaban J connectivity index is 1.94. The van der Waals surface area contributed by atoms with Gasteiger partial charge in [0.1, 0.15) is 11.7 Å². The molecule has 0 spiro atoms. The van der Waals surface area contributed by atoms with Gasteiger partial charge in [-0.3, -0.25) is 14.6 Å². The van der Waals surface area contributed by atoms with E-state index in [2.05, 4.69) is 0 Å². The molecule has 1 saturated heterocycles. The molecule has 4 rings (SSSR count). The van der Waals surface area contributed by atoms with E-state index in [1.54, 1.807) is 54.5 Å². The van der Waals surface area contributed by atoms with Crippen molar-refractivity contribution in [2.75, 3.05) is 25.1 Å². The second-order valence-corrected chi connectivity index (χ2v) is 7.67. The summed E-state index contributed by atoms with van der Waals surface area (Å²) in [6.45, 7) is 1.04. The second-order valence-electron chi connectivity index (χ2n) is 7.24. The number of anilines is 1. The summed E-state index contributed by atoms with van der Waals surface area (Å²) in [6.07, 6.45) is 2.09. The van der Waals surface area contributed by atoms with Gasteiger partial charge in [0.25, 0.3) is 5.91 Å². The van der Waals surface area contributed by atoms with Gasteiger partial charge in [-0.1, -0.05) is 11.6 Å². The van der Waals surface area contributed by atoms with E-state index in [0.717, 1.165) is 0 Å². The number of ether oxygens (including phenoxy) is 1. The third kappa shape index (κ3) is 3.15.